The van der Waals surface area contributed by atoms with Gasteiger partial charge >= 0.3 is 0 Å². The monoisotopic (exact) mass is 263 g/mol. The minimum Gasteiger partial charge on any atom is -0.381 e. The summed E-state index contributed by atoms with van der Waals surface area (Å²) < 4.78 is 0. The molecule has 98 valence electrons. The maximum atomic E-state index is 8.85. The van der Waals surface area contributed by atoms with Crippen LogP contribution in [0.1, 0.15) is 37.9 Å². The Morgan fingerprint density at radius 1 is 1.39 bits per heavy atom. The van der Waals surface area contributed by atoms with Crippen LogP contribution in [0.2, 0.25) is 0 Å². The normalized spacial score (nSPS) is 12.0. The summed E-state index contributed by atoms with van der Waals surface area (Å²) in [6.07, 6.45) is 0. The lowest BCUT2D eigenvalue weighted by molar-refractivity contribution is 0.245. The van der Waals surface area contributed by atoms with Crippen molar-refractivity contribution in [3.63, 3.8) is 0 Å². The average Bonchev–Trinajstić information content (AvgIpc) is 2.36. The van der Waals surface area contributed by atoms with Crippen molar-refractivity contribution in [1.29, 1.82) is 0 Å². The van der Waals surface area contributed by atoms with Gasteiger partial charge in [-0.3, -0.25) is 5.32 Å². The van der Waals surface area contributed by atoms with Crippen LogP contribution in [0.25, 0.3) is 4.91 Å². The molecule has 0 bridgehead atoms. The van der Waals surface area contributed by atoms with Gasteiger partial charge in [0.1, 0.15) is 0 Å². The number of benzene rings is 1. The molecular weight excluding hydrogens is 242 g/mol. The zero-order chi connectivity index (χ0) is 13.5. The van der Waals surface area contributed by atoms with E-state index in [1.54, 1.807) is 11.8 Å². The molecule has 0 saturated carbocycles. The highest BCUT2D eigenvalue weighted by atomic mass is 32.2. The van der Waals surface area contributed by atoms with Crippen LogP contribution in [0.15, 0.2) is 41.8 Å². The molecule has 0 spiro atoms. The van der Waals surface area contributed by atoms with Crippen molar-refractivity contribution in [2.45, 2.75) is 26.8 Å². The second-order valence-electron chi connectivity index (χ2n) is 4.32. The lowest BCUT2D eigenvalue weighted by atomic mass is 10.0. The summed E-state index contributed by atoms with van der Waals surface area (Å²) in [6.45, 7) is 10.0. The molecule has 0 aliphatic carbocycles. The van der Waals surface area contributed by atoms with E-state index in [0.717, 1.165) is 0 Å². The summed E-state index contributed by atoms with van der Waals surface area (Å²) in [4.78, 5) is 1.25. The Bertz CT molecular complexity index is 419. The van der Waals surface area contributed by atoms with Gasteiger partial charge in [0.05, 0.1) is 6.73 Å². The zero-order valence-electron chi connectivity index (χ0n) is 11.2. The maximum Gasteiger partial charge on any atom is 0.0936 e. The molecule has 0 unspecified atom stereocenters. The molecule has 18 heavy (non-hydrogen) atoms. The summed E-state index contributed by atoms with van der Waals surface area (Å²) in [7, 11) is 0. The number of hydrogen-bond donors (Lipinski definition) is 2. The standard InChI is InChI=1S/C15H21NOS/c1-5-18-15(11(2)3)14-8-6-13(7-9-14)12(4)16-10-17/h5-9,12,16-17H,1,10H2,2-4H3/t12-/m0/s1. The summed E-state index contributed by atoms with van der Waals surface area (Å²) in [6, 6.07) is 8.57. The van der Waals surface area contributed by atoms with Gasteiger partial charge in [-0.05, 0) is 37.3 Å². The first-order chi connectivity index (χ1) is 8.60. The van der Waals surface area contributed by atoms with Gasteiger partial charge in [0.15, 0.2) is 0 Å². The molecule has 1 aromatic rings. The second kappa shape index (κ2) is 7.41. The van der Waals surface area contributed by atoms with Crippen molar-refractivity contribution in [2.24, 2.45) is 0 Å². The van der Waals surface area contributed by atoms with Crippen molar-refractivity contribution in [3.8, 4) is 0 Å². The molecule has 2 nitrogen and oxygen atoms in total. The average molecular weight is 263 g/mol. The summed E-state index contributed by atoms with van der Waals surface area (Å²) >= 11 is 1.65. The van der Waals surface area contributed by atoms with Crippen molar-refractivity contribution in [2.75, 3.05) is 6.73 Å². The van der Waals surface area contributed by atoms with E-state index in [4.69, 9.17) is 5.11 Å². The van der Waals surface area contributed by atoms with Gasteiger partial charge in [-0.2, -0.15) is 0 Å². The first-order valence-corrected chi connectivity index (χ1v) is 6.87. The molecule has 1 atom stereocenters. The van der Waals surface area contributed by atoms with E-state index in [9.17, 15) is 0 Å². The van der Waals surface area contributed by atoms with Crippen LogP contribution in [0.5, 0.6) is 0 Å². The Balaban J connectivity index is 2.94. The third-order valence-electron chi connectivity index (χ3n) is 2.73. The Morgan fingerprint density at radius 3 is 2.44 bits per heavy atom. The molecule has 0 amide bonds. The quantitative estimate of drug-likeness (QED) is 0.763. The molecule has 0 radical (unpaired) electrons. The predicted molar refractivity (Wildman–Crippen MR) is 81.1 cm³/mol. The topological polar surface area (TPSA) is 32.3 Å². The summed E-state index contributed by atoms with van der Waals surface area (Å²) in [5.41, 5.74) is 3.67. The number of aliphatic hydroxyl groups excluding tert-OH is 1. The van der Waals surface area contributed by atoms with Crippen LogP contribution in [0, 0.1) is 0 Å². The fourth-order valence-corrected chi connectivity index (χ4v) is 2.41. The third-order valence-corrected chi connectivity index (χ3v) is 3.77. The zero-order valence-corrected chi connectivity index (χ0v) is 12.1. The van der Waals surface area contributed by atoms with Crippen LogP contribution in [0.4, 0.5) is 0 Å². The van der Waals surface area contributed by atoms with E-state index in [2.05, 4.69) is 50.0 Å². The van der Waals surface area contributed by atoms with Gasteiger partial charge in [0.2, 0.25) is 0 Å². The molecule has 0 heterocycles. The summed E-state index contributed by atoms with van der Waals surface area (Å²) in [5, 5.41) is 13.7. The highest BCUT2D eigenvalue weighted by molar-refractivity contribution is 8.10. The molecule has 0 saturated heterocycles. The van der Waals surface area contributed by atoms with Gasteiger partial charge in [-0.1, -0.05) is 48.2 Å². The molecular formula is C15H21NOS. The minimum absolute atomic E-state index is 0.00550. The van der Waals surface area contributed by atoms with E-state index < -0.39 is 0 Å². The van der Waals surface area contributed by atoms with Crippen LogP contribution >= 0.6 is 11.8 Å². The van der Waals surface area contributed by atoms with Gasteiger partial charge in [0.25, 0.3) is 0 Å². The number of aliphatic hydroxyl groups is 1. The SMILES string of the molecule is C=CSC(=C(C)C)c1ccc([C@H](C)NCO)cc1. The highest BCUT2D eigenvalue weighted by Crippen LogP contribution is 2.31. The fourth-order valence-electron chi connectivity index (χ4n) is 1.74. The van der Waals surface area contributed by atoms with E-state index in [0.29, 0.717) is 0 Å². The highest BCUT2D eigenvalue weighted by Gasteiger charge is 2.06. The van der Waals surface area contributed by atoms with Gasteiger partial charge < -0.3 is 5.11 Å². The van der Waals surface area contributed by atoms with E-state index in [1.165, 1.54) is 21.6 Å². The van der Waals surface area contributed by atoms with Crippen molar-refractivity contribution < 1.29 is 5.11 Å². The molecule has 1 aromatic carbocycles. The summed E-state index contributed by atoms with van der Waals surface area (Å²) in [5.74, 6) is 0. The molecule has 3 heteroatoms. The molecule has 0 aromatic heterocycles. The second-order valence-corrected chi connectivity index (χ2v) is 5.30. The maximum absolute atomic E-state index is 8.85. The molecule has 2 N–H and O–H groups in total. The largest absolute Gasteiger partial charge is 0.381 e. The number of hydrogen-bond acceptors (Lipinski definition) is 3. The van der Waals surface area contributed by atoms with Crippen molar-refractivity contribution in [3.05, 3.63) is 53.0 Å². The van der Waals surface area contributed by atoms with Crippen LogP contribution in [-0.2, 0) is 0 Å². The van der Waals surface area contributed by atoms with Crippen LogP contribution < -0.4 is 5.32 Å². The van der Waals surface area contributed by atoms with Gasteiger partial charge in [0, 0.05) is 10.9 Å². The smallest absolute Gasteiger partial charge is 0.0936 e. The Morgan fingerprint density at radius 2 is 2.00 bits per heavy atom. The number of nitrogens with one attached hydrogen (secondary N) is 1. The lowest BCUT2D eigenvalue weighted by Crippen LogP contribution is -2.19. The Hall–Kier alpha value is -1.03. The fraction of sp³-hybridized carbons (Fsp3) is 0.333. The number of rotatable bonds is 6. The van der Waals surface area contributed by atoms with Gasteiger partial charge in [-0.25, -0.2) is 0 Å². The first-order valence-electron chi connectivity index (χ1n) is 5.99. The number of allylic oxidation sites excluding steroid dienone is 1. The molecule has 0 aliphatic rings. The Kier molecular flexibility index (Phi) is 6.19. The van der Waals surface area contributed by atoms with E-state index in [1.807, 2.05) is 12.3 Å². The third kappa shape index (κ3) is 4.02. The van der Waals surface area contributed by atoms with E-state index in [-0.39, 0.29) is 12.8 Å². The van der Waals surface area contributed by atoms with Crippen molar-refractivity contribution >= 4 is 16.7 Å². The molecule has 0 fully saturated rings. The van der Waals surface area contributed by atoms with Crippen LogP contribution in [-0.4, -0.2) is 11.8 Å². The first kappa shape index (κ1) is 15.0. The van der Waals surface area contributed by atoms with E-state index >= 15 is 0 Å². The Labute approximate surface area is 114 Å². The molecule has 1 rings (SSSR count). The van der Waals surface area contributed by atoms with Crippen LogP contribution in [0.3, 0.4) is 0 Å². The minimum atomic E-state index is -0.00550. The molecule has 0 aliphatic heterocycles. The van der Waals surface area contributed by atoms with Gasteiger partial charge in [-0.15, -0.1) is 0 Å². The lowest BCUT2D eigenvalue weighted by Gasteiger charge is -2.13. The predicted octanol–water partition coefficient (Wildman–Crippen LogP) is 3.91. The number of thioether (sulfide) groups is 1. The van der Waals surface area contributed by atoms with Crippen molar-refractivity contribution in [1.82, 2.24) is 5.32 Å².